The van der Waals surface area contributed by atoms with Gasteiger partial charge in [0.2, 0.25) is 11.8 Å². The van der Waals surface area contributed by atoms with Gasteiger partial charge in [0.1, 0.15) is 6.04 Å². The van der Waals surface area contributed by atoms with Crippen LogP contribution in [0.25, 0.3) is 11.4 Å². The van der Waals surface area contributed by atoms with Crippen molar-refractivity contribution in [2.75, 3.05) is 6.54 Å². The van der Waals surface area contributed by atoms with Crippen molar-refractivity contribution in [1.82, 2.24) is 26.1 Å². The molecular weight excluding hydrogens is 551 g/mol. The van der Waals surface area contributed by atoms with Gasteiger partial charge in [0.15, 0.2) is 5.82 Å². The van der Waals surface area contributed by atoms with Crippen molar-refractivity contribution in [3.63, 3.8) is 0 Å². The third-order valence-corrected chi connectivity index (χ3v) is 6.30. The fourth-order valence-electron chi connectivity index (χ4n) is 4.00. The van der Waals surface area contributed by atoms with Crippen molar-refractivity contribution in [1.29, 1.82) is 0 Å². The summed E-state index contributed by atoms with van der Waals surface area (Å²) < 4.78 is 36.6. The molecule has 10 nitrogen and oxygen atoms in total. The van der Waals surface area contributed by atoms with Gasteiger partial charge in [-0.15, -0.1) is 0 Å². The number of H-pyrrole nitrogens is 1. The van der Waals surface area contributed by atoms with E-state index in [1.807, 2.05) is 42.5 Å². The van der Waals surface area contributed by atoms with Crippen LogP contribution < -0.4 is 16.0 Å². The van der Waals surface area contributed by atoms with Crippen LogP contribution in [0.3, 0.4) is 0 Å². The zero-order chi connectivity index (χ0) is 29.3. The lowest BCUT2D eigenvalue weighted by atomic mass is 9.86. The van der Waals surface area contributed by atoms with Gasteiger partial charge in [-0.2, -0.15) is 13.2 Å². The van der Waals surface area contributed by atoms with E-state index in [9.17, 15) is 22.8 Å². The second-order valence-electron chi connectivity index (χ2n) is 9.03. The minimum Gasteiger partial charge on any atom is -0.475 e. The predicted octanol–water partition coefficient (Wildman–Crippen LogP) is 3.69. The molecular formula is C26H28F3N5O5S. The highest BCUT2D eigenvalue weighted by atomic mass is 32.1. The lowest BCUT2D eigenvalue weighted by Gasteiger charge is -2.30. The molecule has 0 saturated carbocycles. The smallest absolute Gasteiger partial charge is 0.475 e. The van der Waals surface area contributed by atoms with E-state index in [2.05, 4.69) is 38.2 Å². The van der Waals surface area contributed by atoms with Crippen LogP contribution in [0.2, 0.25) is 0 Å². The van der Waals surface area contributed by atoms with Gasteiger partial charge >= 0.3 is 12.1 Å². The first kappa shape index (κ1) is 30.5. The highest BCUT2D eigenvalue weighted by Gasteiger charge is 2.38. The standard InChI is InChI=1S/C24H27N5O3S.C2HF3O2/c1-15(27-23(31)20-13-19(11-12-25-20)17-5-3-2-4-6-17)22(30)26-14-16-7-9-18(10-8-16)21-28-24(33)32-29-21;3-2(4,5)1(6)7/h2-10,15,19-20,25H,11-14H2,1H3,(H,26,30)(H,27,31)(H,28,29,33);(H,6,7)/t15-,19-,20+;/m0./s1. The molecule has 1 fully saturated rings. The molecule has 14 heteroatoms. The van der Waals surface area contributed by atoms with Gasteiger partial charge in [-0.05, 0) is 55.6 Å². The third-order valence-electron chi connectivity index (χ3n) is 6.12. The number of aromatic amines is 1. The Morgan fingerprint density at radius 2 is 1.80 bits per heavy atom. The van der Waals surface area contributed by atoms with Gasteiger partial charge in [-0.3, -0.25) is 14.6 Å². The predicted molar refractivity (Wildman–Crippen MR) is 140 cm³/mol. The normalized spacial score (nSPS) is 17.6. The molecule has 0 bridgehead atoms. The summed E-state index contributed by atoms with van der Waals surface area (Å²) in [6.45, 7) is 2.82. The number of aromatic nitrogens is 2. The van der Waals surface area contributed by atoms with Gasteiger partial charge in [-0.1, -0.05) is 59.8 Å². The molecule has 3 atom stereocenters. The molecule has 0 aliphatic carbocycles. The topological polar surface area (TPSA) is 149 Å². The van der Waals surface area contributed by atoms with Crippen molar-refractivity contribution in [2.24, 2.45) is 0 Å². The number of rotatable bonds is 7. The number of carbonyl (C=O) groups excluding carboxylic acids is 2. The minimum absolute atomic E-state index is 0.146. The van der Waals surface area contributed by atoms with E-state index in [1.54, 1.807) is 6.92 Å². The number of amides is 2. The van der Waals surface area contributed by atoms with E-state index in [1.165, 1.54) is 5.56 Å². The van der Waals surface area contributed by atoms with E-state index in [0.29, 0.717) is 24.7 Å². The molecule has 3 aromatic rings. The van der Waals surface area contributed by atoms with Crippen molar-refractivity contribution < 1.29 is 37.2 Å². The Labute approximate surface area is 232 Å². The molecule has 1 aliphatic rings. The van der Waals surface area contributed by atoms with Gasteiger partial charge < -0.3 is 25.6 Å². The Kier molecular flexibility index (Phi) is 10.6. The molecule has 1 aliphatic heterocycles. The van der Waals surface area contributed by atoms with E-state index >= 15 is 0 Å². The van der Waals surface area contributed by atoms with Crippen LogP contribution >= 0.6 is 12.2 Å². The van der Waals surface area contributed by atoms with Crippen LogP contribution in [0.5, 0.6) is 0 Å². The average molecular weight is 580 g/mol. The van der Waals surface area contributed by atoms with E-state index < -0.39 is 18.2 Å². The SMILES string of the molecule is C[C@H](NC(=O)[C@H]1C[C@@H](c2ccccc2)CCN1)C(=O)NCc1ccc(-c2noc(=S)[nH]2)cc1.O=C(O)C(F)(F)F. The average Bonchev–Trinajstić information content (AvgIpc) is 3.38. The Morgan fingerprint density at radius 3 is 2.38 bits per heavy atom. The third kappa shape index (κ3) is 9.02. The van der Waals surface area contributed by atoms with Gasteiger partial charge in [0.05, 0.1) is 6.04 Å². The Balaban J connectivity index is 0.000000559. The quantitative estimate of drug-likeness (QED) is 0.266. The number of nitrogens with zero attached hydrogens (tertiary/aromatic N) is 1. The van der Waals surface area contributed by atoms with Crippen LogP contribution in [0.4, 0.5) is 13.2 Å². The number of hydrogen-bond donors (Lipinski definition) is 5. The number of piperidine rings is 1. The maximum absolute atomic E-state index is 12.8. The molecule has 1 aromatic heterocycles. The maximum atomic E-state index is 12.8. The summed E-state index contributed by atoms with van der Waals surface area (Å²) in [5.74, 6) is -2.25. The molecule has 214 valence electrons. The number of halogens is 3. The molecule has 1 saturated heterocycles. The minimum atomic E-state index is -5.08. The largest absolute Gasteiger partial charge is 0.490 e. The summed E-state index contributed by atoms with van der Waals surface area (Å²) in [4.78, 5) is 37.3. The van der Waals surface area contributed by atoms with Crippen molar-refractivity contribution in [3.05, 3.63) is 70.6 Å². The second-order valence-corrected chi connectivity index (χ2v) is 9.40. The van der Waals surface area contributed by atoms with Gasteiger partial charge in [0.25, 0.3) is 4.84 Å². The van der Waals surface area contributed by atoms with Crippen LogP contribution in [0.1, 0.15) is 36.8 Å². The molecule has 5 N–H and O–H groups in total. The molecule has 40 heavy (non-hydrogen) atoms. The number of carboxylic acids is 1. The van der Waals surface area contributed by atoms with Crippen LogP contribution in [0.15, 0.2) is 59.1 Å². The maximum Gasteiger partial charge on any atom is 0.490 e. The van der Waals surface area contributed by atoms with E-state index in [4.69, 9.17) is 26.6 Å². The fourth-order valence-corrected chi connectivity index (χ4v) is 4.14. The van der Waals surface area contributed by atoms with E-state index in [0.717, 1.165) is 24.1 Å². The molecule has 2 aromatic carbocycles. The van der Waals surface area contributed by atoms with Gasteiger partial charge in [0, 0.05) is 12.1 Å². The Bertz CT molecular complexity index is 1350. The summed E-state index contributed by atoms with van der Waals surface area (Å²) in [6, 6.07) is 16.8. The van der Waals surface area contributed by atoms with Crippen molar-refractivity contribution in [3.8, 4) is 11.4 Å². The Morgan fingerprint density at radius 1 is 1.15 bits per heavy atom. The number of hydrogen-bond acceptors (Lipinski definition) is 7. The summed E-state index contributed by atoms with van der Waals surface area (Å²) in [6.07, 6.45) is -3.38. The zero-order valence-corrected chi connectivity index (χ0v) is 22.1. The first-order valence-corrected chi connectivity index (χ1v) is 12.7. The number of carboxylic acid groups (broad SMARTS) is 1. The highest BCUT2D eigenvalue weighted by Crippen LogP contribution is 2.27. The van der Waals surface area contributed by atoms with E-state index in [-0.39, 0.29) is 22.7 Å². The first-order chi connectivity index (χ1) is 18.9. The van der Waals surface area contributed by atoms with Crippen LogP contribution in [0, 0.1) is 4.84 Å². The molecule has 2 heterocycles. The lowest BCUT2D eigenvalue weighted by molar-refractivity contribution is -0.192. The number of nitrogens with one attached hydrogen (secondary N) is 4. The number of alkyl halides is 3. The zero-order valence-electron chi connectivity index (χ0n) is 21.3. The van der Waals surface area contributed by atoms with Crippen molar-refractivity contribution >= 4 is 30.0 Å². The molecule has 0 spiro atoms. The molecule has 2 amide bonds. The Hall–Kier alpha value is -4.04. The summed E-state index contributed by atoms with van der Waals surface area (Å²) >= 11 is 4.89. The summed E-state index contributed by atoms with van der Waals surface area (Å²) in [7, 11) is 0. The van der Waals surface area contributed by atoms with Crippen LogP contribution in [-0.4, -0.2) is 57.8 Å². The summed E-state index contributed by atoms with van der Waals surface area (Å²) in [5.41, 5.74) is 3.01. The fraction of sp³-hybridized carbons (Fsp3) is 0.346. The summed E-state index contributed by atoms with van der Waals surface area (Å²) in [5, 5.41) is 20.0. The van der Waals surface area contributed by atoms with Crippen LogP contribution in [-0.2, 0) is 20.9 Å². The molecule has 4 rings (SSSR count). The molecule has 0 unspecified atom stereocenters. The first-order valence-electron chi connectivity index (χ1n) is 12.3. The van der Waals surface area contributed by atoms with Gasteiger partial charge in [-0.25, -0.2) is 4.79 Å². The number of carbonyl (C=O) groups is 3. The molecule has 0 radical (unpaired) electrons. The highest BCUT2D eigenvalue weighted by molar-refractivity contribution is 7.71. The number of aliphatic carboxylic acids is 1. The second kappa shape index (κ2) is 13.8. The number of benzene rings is 2. The lowest BCUT2D eigenvalue weighted by Crippen LogP contribution is -2.53. The van der Waals surface area contributed by atoms with Crippen molar-refractivity contribution in [2.45, 2.75) is 50.5 Å². The monoisotopic (exact) mass is 579 g/mol.